The lowest BCUT2D eigenvalue weighted by atomic mass is 10.0. The minimum Gasteiger partial charge on any atom is -0.309 e. The second-order valence-corrected chi connectivity index (χ2v) is 17.6. The first-order chi connectivity index (χ1) is 28.2. The summed E-state index contributed by atoms with van der Waals surface area (Å²) in [6.07, 6.45) is 0. The van der Waals surface area contributed by atoms with Crippen LogP contribution in [0.5, 0.6) is 0 Å². The number of halogens is 1. The Hall–Kier alpha value is -5.84. The maximum atomic E-state index is 4.64. The average Bonchev–Trinajstić information content (AvgIpc) is 3.89. The average molecular weight is 851 g/mol. The van der Waals surface area contributed by atoms with Gasteiger partial charge in [0.05, 0.1) is 45.5 Å². The maximum absolute atomic E-state index is 4.64. The number of aromatic nitrogens is 3. The number of nitrogens with zero attached hydrogens (tertiary/aromatic N) is 5. The predicted octanol–water partition coefficient (Wildman–Crippen LogP) is 15.1. The molecule has 10 aromatic rings. The van der Waals surface area contributed by atoms with Gasteiger partial charge in [-0.15, -0.1) is 0 Å². The Morgan fingerprint density at radius 2 is 0.860 bits per heavy atom. The minimum atomic E-state index is 0.894. The third kappa shape index (κ3) is 5.23. The van der Waals surface area contributed by atoms with Gasteiger partial charge in [-0.2, -0.15) is 8.75 Å². The Balaban J connectivity index is 1.08. The Kier molecular flexibility index (Phi) is 7.66. The third-order valence-electron chi connectivity index (χ3n) is 10.9. The number of fused-ring (bicyclic) bond motifs is 8. The molecule has 0 aliphatic carbocycles. The summed E-state index contributed by atoms with van der Waals surface area (Å²) in [5.74, 6) is 0. The number of rotatable bonds is 4. The quantitative estimate of drug-likeness (QED) is 0.176. The zero-order valence-electron chi connectivity index (χ0n) is 30.0. The molecule has 12 rings (SSSR count). The van der Waals surface area contributed by atoms with Gasteiger partial charge in [0.15, 0.2) is 0 Å². The molecule has 0 amide bonds. The monoisotopic (exact) mass is 849 g/mol. The zero-order valence-corrected chi connectivity index (χ0v) is 34.0. The molecule has 270 valence electrons. The summed E-state index contributed by atoms with van der Waals surface area (Å²) in [7, 11) is 0. The van der Waals surface area contributed by atoms with E-state index >= 15 is 0 Å². The molecule has 9 heteroatoms. The zero-order chi connectivity index (χ0) is 37.6. The second kappa shape index (κ2) is 13.1. The van der Waals surface area contributed by atoms with Gasteiger partial charge >= 0.3 is 0 Å². The number of hydrogen-bond donors (Lipinski definition) is 0. The molecule has 0 N–H and O–H groups in total. The van der Waals surface area contributed by atoms with Crippen LogP contribution in [0.25, 0.3) is 49.7 Å². The topological polar surface area (TPSA) is 37.2 Å². The summed E-state index contributed by atoms with van der Waals surface area (Å²) in [6.45, 7) is 0. The van der Waals surface area contributed by atoms with E-state index in [4.69, 9.17) is 0 Å². The van der Waals surface area contributed by atoms with Crippen molar-refractivity contribution in [3.8, 4) is 16.8 Å². The van der Waals surface area contributed by atoms with E-state index in [1.54, 1.807) is 0 Å². The van der Waals surface area contributed by atoms with Crippen molar-refractivity contribution >= 4 is 118 Å². The van der Waals surface area contributed by atoms with Gasteiger partial charge in [-0.25, -0.2) is 0 Å². The molecule has 0 fully saturated rings. The molecule has 0 bridgehead atoms. The van der Waals surface area contributed by atoms with Crippen LogP contribution in [0, 0.1) is 0 Å². The number of hydrogen-bond acceptors (Lipinski definition) is 7. The van der Waals surface area contributed by atoms with Crippen LogP contribution in [-0.4, -0.2) is 13.3 Å². The van der Waals surface area contributed by atoms with Gasteiger partial charge in [0.25, 0.3) is 0 Å². The number of benzene rings is 8. The molecule has 5 nitrogen and oxygen atoms in total. The highest BCUT2D eigenvalue weighted by Gasteiger charge is 2.27. The lowest BCUT2D eigenvalue weighted by Gasteiger charge is -2.33. The molecule has 57 heavy (non-hydrogen) atoms. The fourth-order valence-corrected chi connectivity index (χ4v) is 11.6. The highest BCUT2D eigenvalue weighted by molar-refractivity contribution is 9.10. The maximum Gasteiger partial charge on any atom is 0.119 e. The van der Waals surface area contributed by atoms with Crippen LogP contribution in [0.4, 0.5) is 34.1 Å². The fraction of sp³-hybridized carbons (Fsp3) is 0. The summed E-state index contributed by atoms with van der Waals surface area (Å²) >= 11 is 8.56. The smallest absolute Gasteiger partial charge is 0.119 e. The molecule has 0 saturated carbocycles. The lowest BCUT2D eigenvalue weighted by molar-refractivity contribution is 1.16. The molecule has 8 aromatic carbocycles. The predicted molar refractivity (Wildman–Crippen MR) is 243 cm³/mol. The molecule has 0 radical (unpaired) electrons. The Morgan fingerprint density at radius 3 is 1.35 bits per heavy atom. The Morgan fingerprint density at radius 1 is 0.421 bits per heavy atom. The largest absolute Gasteiger partial charge is 0.309 e. The van der Waals surface area contributed by atoms with Crippen LogP contribution >= 0.6 is 51.2 Å². The van der Waals surface area contributed by atoms with Crippen LogP contribution in [-0.2, 0) is 0 Å². The molecule has 0 spiro atoms. The van der Waals surface area contributed by atoms with Crippen molar-refractivity contribution < 1.29 is 0 Å². The Bertz CT molecular complexity index is 3000. The Labute approximate surface area is 349 Å². The number of anilines is 6. The standard InChI is InChI=1S/C48H28BrN5S3/c49-36-24-23-33(47-48(36)51-57-50-47)29-17-19-30(20-18-29)52-37-25-21-31(53-39-9-1-5-13-43(39)55-44-14-6-2-10-40(44)53)27-34(37)35-28-32(22-26-38(35)52)54-41-11-3-7-15-45(41)56-46-16-8-4-12-42(46)54/h1-28H. The second-order valence-electron chi connectivity index (χ2n) is 14.1. The van der Waals surface area contributed by atoms with Gasteiger partial charge in [-0.05, 0) is 125 Å². The minimum absolute atomic E-state index is 0.894. The van der Waals surface area contributed by atoms with Crippen LogP contribution in [0.1, 0.15) is 0 Å². The van der Waals surface area contributed by atoms with Crippen molar-refractivity contribution in [2.75, 3.05) is 9.80 Å². The highest BCUT2D eigenvalue weighted by atomic mass is 79.9. The molecule has 2 aromatic heterocycles. The van der Waals surface area contributed by atoms with E-state index in [2.05, 4.69) is 209 Å². The van der Waals surface area contributed by atoms with Crippen molar-refractivity contribution in [3.05, 3.63) is 174 Å². The van der Waals surface area contributed by atoms with E-state index in [-0.39, 0.29) is 0 Å². The molecule has 0 saturated heterocycles. The summed E-state index contributed by atoms with van der Waals surface area (Å²) < 4.78 is 12.5. The van der Waals surface area contributed by atoms with Crippen molar-refractivity contribution in [2.24, 2.45) is 0 Å². The summed E-state index contributed by atoms with van der Waals surface area (Å²) in [5, 5.41) is 2.38. The summed E-state index contributed by atoms with van der Waals surface area (Å²) in [5.41, 5.74) is 14.4. The van der Waals surface area contributed by atoms with E-state index in [0.29, 0.717) is 0 Å². The number of para-hydroxylation sites is 4. The van der Waals surface area contributed by atoms with Gasteiger partial charge in [-0.3, -0.25) is 0 Å². The summed E-state index contributed by atoms with van der Waals surface area (Å²) in [6, 6.07) is 61.8. The van der Waals surface area contributed by atoms with Crippen LogP contribution in [0.2, 0.25) is 0 Å². The highest BCUT2D eigenvalue weighted by Crippen LogP contribution is 2.54. The van der Waals surface area contributed by atoms with Gasteiger partial charge in [0.1, 0.15) is 11.0 Å². The van der Waals surface area contributed by atoms with E-state index in [1.165, 1.54) is 64.8 Å². The van der Waals surface area contributed by atoms with Crippen molar-refractivity contribution in [3.63, 3.8) is 0 Å². The first-order valence-corrected chi connectivity index (χ1v) is 21.8. The molecular formula is C48H28BrN5S3. The fourth-order valence-electron chi connectivity index (χ4n) is 8.38. The normalized spacial score (nSPS) is 13.1. The summed E-state index contributed by atoms with van der Waals surface area (Å²) in [4.78, 5) is 9.83. The molecule has 2 aliphatic rings. The van der Waals surface area contributed by atoms with E-state index in [0.717, 1.165) is 54.7 Å². The molecule has 2 aliphatic heterocycles. The van der Waals surface area contributed by atoms with E-state index in [9.17, 15) is 0 Å². The first-order valence-electron chi connectivity index (χ1n) is 18.6. The van der Waals surface area contributed by atoms with E-state index in [1.807, 2.05) is 23.5 Å². The van der Waals surface area contributed by atoms with Gasteiger partial charge in [-0.1, -0.05) is 90.3 Å². The third-order valence-corrected chi connectivity index (χ3v) is 14.3. The SMILES string of the molecule is Brc1ccc(-c2ccc(-n3c4ccc(N5c6ccccc6Sc6ccccc65)cc4c4cc(N5c6ccccc6Sc6ccccc65)ccc43)cc2)c2nsnc12. The van der Waals surface area contributed by atoms with E-state index < -0.39 is 0 Å². The van der Waals surface area contributed by atoms with Crippen molar-refractivity contribution in [1.29, 1.82) is 0 Å². The molecular weight excluding hydrogens is 823 g/mol. The lowest BCUT2D eigenvalue weighted by Crippen LogP contribution is -2.14. The van der Waals surface area contributed by atoms with Crippen molar-refractivity contribution in [1.82, 2.24) is 13.3 Å². The van der Waals surface area contributed by atoms with Crippen molar-refractivity contribution in [2.45, 2.75) is 19.6 Å². The molecule has 0 unspecified atom stereocenters. The van der Waals surface area contributed by atoms with Crippen LogP contribution in [0.15, 0.2) is 194 Å². The first kappa shape index (κ1) is 33.3. The van der Waals surface area contributed by atoms with Gasteiger partial charge < -0.3 is 14.4 Å². The molecule has 4 heterocycles. The van der Waals surface area contributed by atoms with Crippen LogP contribution < -0.4 is 9.80 Å². The molecule has 0 atom stereocenters. The van der Waals surface area contributed by atoms with Crippen LogP contribution in [0.3, 0.4) is 0 Å². The van der Waals surface area contributed by atoms with Gasteiger partial charge in [0.2, 0.25) is 0 Å². The van der Waals surface area contributed by atoms with Gasteiger partial charge in [0, 0.05) is 57.5 Å².